The summed E-state index contributed by atoms with van der Waals surface area (Å²) < 4.78 is 10.8. The molecule has 1 amide bonds. The first-order valence-electron chi connectivity index (χ1n) is 9.38. The minimum absolute atomic E-state index is 0. The lowest BCUT2D eigenvalue weighted by Gasteiger charge is -2.57. The van der Waals surface area contributed by atoms with Crippen molar-refractivity contribution in [3.63, 3.8) is 0 Å². The van der Waals surface area contributed by atoms with Crippen LogP contribution in [0.2, 0.25) is 0 Å². The van der Waals surface area contributed by atoms with E-state index in [4.69, 9.17) is 15.2 Å². The number of nitrogens with one attached hydrogen (secondary N) is 1. The van der Waals surface area contributed by atoms with Gasteiger partial charge in [0.05, 0.1) is 7.11 Å². The molecule has 4 aliphatic carbocycles. The maximum Gasteiger partial charge on any atom is 0.255 e. The molecule has 4 aliphatic rings. The van der Waals surface area contributed by atoms with Gasteiger partial charge in [0.2, 0.25) is 0 Å². The van der Waals surface area contributed by atoms with Gasteiger partial charge in [-0.3, -0.25) is 4.79 Å². The van der Waals surface area contributed by atoms with Crippen LogP contribution >= 0.6 is 12.4 Å². The second-order valence-electron chi connectivity index (χ2n) is 8.29. The van der Waals surface area contributed by atoms with E-state index in [-0.39, 0.29) is 19.0 Å². The maximum atomic E-state index is 10.9. The van der Waals surface area contributed by atoms with Crippen LogP contribution < -0.4 is 20.5 Å². The minimum atomic E-state index is -0.491. The molecule has 26 heavy (non-hydrogen) atoms. The maximum absolute atomic E-state index is 10.9. The fourth-order valence-electron chi connectivity index (χ4n) is 5.71. The molecule has 0 unspecified atom stereocenters. The molecule has 0 spiro atoms. The van der Waals surface area contributed by atoms with Crippen molar-refractivity contribution in [1.29, 1.82) is 0 Å². The molecule has 0 aliphatic heterocycles. The Kier molecular flexibility index (Phi) is 5.68. The van der Waals surface area contributed by atoms with Crippen molar-refractivity contribution in [3.8, 4) is 11.5 Å². The van der Waals surface area contributed by atoms with Gasteiger partial charge >= 0.3 is 0 Å². The zero-order chi connectivity index (χ0) is 17.4. The van der Waals surface area contributed by atoms with Crippen molar-refractivity contribution in [3.05, 3.63) is 23.8 Å². The largest absolute Gasteiger partial charge is 0.493 e. The van der Waals surface area contributed by atoms with Crippen molar-refractivity contribution in [1.82, 2.24) is 5.32 Å². The highest BCUT2D eigenvalue weighted by Gasteiger charge is 2.50. The second kappa shape index (κ2) is 7.65. The van der Waals surface area contributed by atoms with Gasteiger partial charge in [0.1, 0.15) is 0 Å². The number of benzene rings is 1. The normalized spacial score (nSPS) is 31.3. The van der Waals surface area contributed by atoms with Gasteiger partial charge in [0.15, 0.2) is 18.1 Å². The molecule has 5 nitrogen and oxygen atoms in total. The number of nitrogens with two attached hydrogens (primary N) is 1. The van der Waals surface area contributed by atoms with Crippen LogP contribution in [0, 0.1) is 17.8 Å². The van der Waals surface area contributed by atoms with Crippen molar-refractivity contribution in [2.24, 2.45) is 23.5 Å². The lowest BCUT2D eigenvalue weighted by molar-refractivity contribution is -0.119. The molecule has 3 N–H and O–H groups in total. The lowest BCUT2D eigenvalue weighted by atomic mass is 9.53. The Morgan fingerprint density at radius 1 is 1.15 bits per heavy atom. The first-order chi connectivity index (χ1) is 12.0. The molecule has 5 rings (SSSR count). The van der Waals surface area contributed by atoms with E-state index in [9.17, 15) is 4.79 Å². The minimum Gasteiger partial charge on any atom is -0.493 e. The highest BCUT2D eigenvalue weighted by molar-refractivity contribution is 5.85. The quantitative estimate of drug-likeness (QED) is 0.762. The molecular formula is C20H29ClN2O3. The third-order valence-electron chi connectivity index (χ3n) is 6.30. The predicted octanol–water partition coefficient (Wildman–Crippen LogP) is 3.04. The first kappa shape index (κ1) is 19.3. The van der Waals surface area contributed by atoms with Crippen LogP contribution in [-0.2, 0) is 11.3 Å². The number of halogens is 1. The average molecular weight is 381 g/mol. The summed E-state index contributed by atoms with van der Waals surface area (Å²) in [4.78, 5) is 10.9. The van der Waals surface area contributed by atoms with Crippen LogP contribution in [0.3, 0.4) is 0 Å². The first-order valence-corrected chi connectivity index (χ1v) is 9.38. The fourth-order valence-corrected chi connectivity index (χ4v) is 5.71. The van der Waals surface area contributed by atoms with Crippen LogP contribution in [0.1, 0.15) is 44.1 Å². The van der Waals surface area contributed by atoms with Crippen LogP contribution in [0.25, 0.3) is 0 Å². The molecule has 0 heterocycles. The third kappa shape index (κ3) is 3.94. The standard InChI is InChI=1S/C20H28N2O3.ClH/c1-24-18-7-13(2-3-17(18)25-12-19(21)23)11-22-20-8-14-4-15(9-20)6-16(5-14)10-20;/h2-3,7,14-16,22H,4-6,8-12H2,1H3,(H2,21,23);1H. The van der Waals surface area contributed by atoms with Gasteiger partial charge in [0, 0.05) is 12.1 Å². The molecule has 1 aromatic rings. The summed E-state index contributed by atoms with van der Waals surface area (Å²) in [6, 6.07) is 5.88. The van der Waals surface area contributed by atoms with E-state index in [1.165, 1.54) is 44.1 Å². The number of rotatable bonds is 7. The molecule has 4 saturated carbocycles. The van der Waals surface area contributed by atoms with E-state index >= 15 is 0 Å². The van der Waals surface area contributed by atoms with Gasteiger partial charge in [-0.2, -0.15) is 0 Å². The Balaban J connectivity index is 0.00000196. The Morgan fingerprint density at radius 3 is 2.31 bits per heavy atom. The number of hydrogen-bond acceptors (Lipinski definition) is 4. The van der Waals surface area contributed by atoms with E-state index < -0.39 is 5.91 Å². The molecule has 144 valence electrons. The summed E-state index contributed by atoms with van der Waals surface area (Å²) in [5.41, 5.74) is 6.67. The average Bonchev–Trinajstić information content (AvgIpc) is 2.57. The van der Waals surface area contributed by atoms with Crippen molar-refractivity contribution >= 4 is 18.3 Å². The number of ether oxygens (including phenoxy) is 2. The predicted molar refractivity (Wildman–Crippen MR) is 103 cm³/mol. The zero-order valence-corrected chi connectivity index (χ0v) is 16.1. The van der Waals surface area contributed by atoms with E-state index in [0.29, 0.717) is 17.0 Å². The second-order valence-corrected chi connectivity index (χ2v) is 8.29. The molecule has 1 aromatic carbocycles. The lowest BCUT2D eigenvalue weighted by Crippen LogP contribution is -2.58. The Bertz CT molecular complexity index is 629. The summed E-state index contributed by atoms with van der Waals surface area (Å²) in [5.74, 6) is 3.54. The number of amides is 1. The smallest absolute Gasteiger partial charge is 0.255 e. The van der Waals surface area contributed by atoms with Gasteiger partial charge in [-0.15, -0.1) is 12.4 Å². The monoisotopic (exact) mass is 380 g/mol. The van der Waals surface area contributed by atoms with Crippen LogP contribution in [0.4, 0.5) is 0 Å². The van der Waals surface area contributed by atoms with Crippen LogP contribution in [-0.4, -0.2) is 25.2 Å². The highest BCUT2D eigenvalue weighted by Crippen LogP contribution is 2.55. The van der Waals surface area contributed by atoms with Gasteiger partial charge in [-0.1, -0.05) is 6.07 Å². The van der Waals surface area contributed by atoms with Gasteiger partial charge < -0.3 is 20.5 Å². The van der Waals surface area contributed by atoms with Crippen molar-refractivity contribution < 1.29 is 14.3 Å². The highest BCUT2D eigenvalue weighted by atomic mass is 35.5. The summed E-state index contributed by atoms with van der Waals surface area (Å²) in [7, 11) is 1.61. The number of carbonyl (C=O) groups is 1. The number of primary amides is 1. The van der Waals surface area contributed by atoms with Crippen molar-refractivity contribution in [2.75, 3.05) is 13.7 Å². The fraction of sp³-hybridized carbons (Fsp3) is 0.650. The third-order valence-corrected chi connectivity index (χ3v) is 6.30. The van der Waals surface area contributed by atoms with E-state index in [2.05, 4.69) is 5.32 Å². The SMILES string of the molecule is COc1cc(CNC23CC4CC(CC(C4)C2)C3)ccc1OCC(N)=O.Cl. The summed E-state index contributed by atoms with van der Waals surface area (Å²) in [5, 5.41) is 3.89. The van der Waals surface area contributed by atoms with E-state index in [1.54, 1.807) is 7.11 Å². The number of carbonyl (C=O) groups excluding carboxylic acids is 1. The van der Waals surface area contributed by atoms with Crippen LogP contribution in [0.15, 0.2) is 18.2 Å². The van der Waals surface area contributed by atoms with Crippen LogP contribution in [0.5, 0.6) is 11.5 Å². The zero-order valence-electron chi connectivity index (χ0n) is 15.3. The van der Waals surface area contributed by atoms with Crippen molar-refractivity contribution in [2.45, 2.75) is 50.6 Å². The molecule has 6 heteroatoms. The van der Waals surface area contributed by atoms with Gasteiger partial charge in [-0.05, 0) is 74.0 Å². The Morgan fingerprint density at radius 2 is 1.77 bits per heavy atom. The molecule has 0 aromatic heterocycles. The molecular weight excluding hydrogens is 352 g/mol. The number of hydrogen-bond donors (Lipinski definition) is 2. The summed E-state index contributed by atoms with van der Waals surface area (Å²) >= 11 is 0. The van der Waals surface area contributed by atoms with E-state index in [1.807, 2.05) is 18.2 Å². The topological polar surface area (TPSA) is 73.6 Å². The molecule has 4 fully saturated rings. The Labute approximate surface area is 161 Å². The molecule has 0 atom stereocenters. The summed E-state index contributed by atoms with van der Waals surface area (Å²) in [6.45, 7) is 0.708. The molecule has 0 radical (unpaired) electrons. The Hall–Kier alpha value is -1.46. The molecule has 4 bridgehead atoms. The molecule has 0 saturated heterocycles. The van der Waals surface area contributed by atoms with Gasteiger partial charge in [-0.25, -0.2) is 0 Å². The number of methoxy groups -OCH3 is 1. The van der Waals surface area contributed by atoms with Gasteiger partial charge in [0.25, 0.3) is 5.91 Å². The summed E-state index contributed by atoms with van der Waals surface area (Å²) in [6.07, 6.45) is 8.41. The van der Waals surface area contributed by atoms with E-state index in [0.717, 1.165) is 24.3 Å².